The van der Waals surface area contributed by atoms with E-state index in [9.17, 15) is 14.0 Å². The predicted octanol–water partition coefficient (Wildman–Crippen LogP) is 1.68. The highest BCUT2D eigenvalue weighted by Gasteiger charge is 2.16. The fourth-order valence-corrected chi connectivity index (χ4v) is 1.53. The molecule has 0 saturated heterocycles. The monoisotopic (exact) mass is 268 g/mol. The van der Waals surface area contributed by atoms with E-state index in [-0.39, 0.29) is 11.3 Å². The van der Waals surface area contributed by atoms with Crippen molar-refractivity contribution < 1.29 is 18.7 Å². The number of esters is 1. The number of halogens is 1. The van der Waals surface area contributed by atoms with Crippen molar-refractivity contribution in [2.75, 3.05) is 12.4 Å². The molecule has 0 aliphatic carbocycles. The van der Waals surface area contributed by atoms with Crippen LogP contribution in [-0.2, 0) is 9.53 Å². The number of benzene rings is 1. The Bertz CT molecular complexity index is 477. The number of ether oxygens (including phenoxy) is 1. The Morgan fingerprint density at radius 1 is 1.47 bits per heavy atom. The molecule has 1 rings (SSSR count). The normalized spacial score (nSPS) is 11.8. The van der Waals surface area contributed by atoms with Crippen LogP contribution in [0.3, 0.4) is 0 Å². The summed E-state index contributed by atoms with van der Waals surface area (Å²) in [6.45, 7) is 1.89. The van der Waals surface area contributed by atoms with Crippen LogP contribution in [0.4, 0.5) is 10.1 Å². The van der Waals surface area contributed by atoms with Crippen molar-refractivity contribution in [3.8, 4) is 0 Å². The van der Waals surface area contributed by atoms with Crippen molar-refractivity contribution in [1.29, 1.82) is 0 Å². The van der Waals surface area contributed by atoms with Crippen LogP contribution < -0.4 is 11.1 Å². The molecular weight excluding hydrogens is 251 g/mol. The SMILES string of the molecule is CCC[C@H](N)C(=O)Nc1cc(C(=O)OC)ccc1F. The lowest BCUT2D eigenvalue weighted by molar-refractivity contribution is -0.117. The molecule has 1 aromatic carbocycles. The third kappa shape index (κ3) is 4.03. The van der Waals surface area contributed by atoms with Gasteiger partial charge in [-0.25, -0.2) is 9.18 Å². The highest BCUT2D eigenvalue weighted by atomic mass is 19.1. The van der Waals surface area contributed by atoms with Crippen LogP contribution in [0.2, 0.25) is 0 Å². The van der Waals surface area contributed by atoms with Crippen molar-refractivity contribution in [1.82, 2.24) is 0 Å². The van der Waals surface area contributed by atoms with Crippen LogP contribution in [0.15, 0.2) is 18.2 Å². The van der Waals surface area contributed by atoms with Gasteiger partial charge in [0.25, 0.3) is 0 Å². The van der Waals surface area contributed by atoms with Gasteiger partial charge in [-0.05, 0) is 24.6 Å². The summed E-state index contributed by atoms with van der Waals surface area (Å²) in [4.78, 5) is 23.0. The second-order valence-electron chi connectivity index (χ2n) is 4.07. The minimum Gasteiger partial charge on any atom is -0.465 e. The lowest BCUT2D eigenvalue weighted by Gasteiger charge is -2.12. The van der Waals surface area contributed by atoms with E-state index < -0.39 is 23.7 Å². The van der Waals surface area contributed by atoms with Gasteiger partial charge in [-0.3, -0.25) is 4.79 Å². The molecule has 0 fully saturated rings. The Morgan fingerprint density at radius 2 is 2.16 bits per heavy atom. The summed E-state index contributed by atoms with van der Waals surface area (Å²) in [6.07, 6.45) is 1.25. The van der Waals surface area contributed by atoms with Gasteiger partial charge >= 0.3 is 5.97 Å². The molecule has 0 unspecified atom stereocenters. The number of methoxy groups -OCH3 is 1. The minimum atomic E-state index is -0.703. The van der Waals surface area contributed by atoms with Crippen LogP contribution in [0.25, 0.3) is 0 Å². The van der Waals surface area contributed by atoms with Gasteiger partial charge in [-0.15, -0.1) is 0 Å². The topological polar surface area (TPSA) is 81.4 Å². The fraction of sp³-hybridized carbons (Fsp3) is 0.385. The van der Waals surface area contributed by atoms with Gasteiger partial charge < -0.3 is 15.8 Å². The van der Waals surface area contributed by atoms with Crippen molar-refractivity contribution in [2.45, 2.75) is 25.8 Å². The number of nitrogens with one attached hydrogen (secondary N) is 1. The van der Waals surface area contributed by atoms with Crippen LogP contribution >= 0.6 is 0 Å². The van der Waals surface area contributed by atoms with E-state index in [0.717, 1.165) is 12.5 Å². The van der Waals surface area contributed by atoms with Gasteiger partial charge in [0.1, 0.15) is 5.82 Å². The summed E-state index contributed by atoms with van der Waals surface area (Å²) < 4.78 is 18.1. The third-order valence-corrected chi connectivity index (χ3v) is 2.58. The molecule has 0 aromatic heterocycles. The average molecular weight is 268 g/mol. The van der Waals surface area contributed by atoms with Crippen LogP contribution in [0.5, 0.6) is 0 Å². The van der Waals surface area contributed by atoms with Gasteiger partial charge in [-0.2, -0.15) is 0 Å². The quantitative estimate of drug-likeness (QED) is 0.796. The molecule has 0 radical (unpaired) electrons. The van der Waals surface area contributed by atoms with Crippen molar-refractivity contribution in [2.24, 2.45) is 5.73 Å². The van der Waals surface area contributed by atoms with Crippen molar-refractivity contribution in [3.05, 3.63) is 29.6 Å². The van der Waals surface area contributed by atoms with Gasteiger partial charge in [0.2, 0.25) is 5.91 Å². The maximum Gasteiger partial charge on any atom is 0.337 e. The first kappa shape index (κ1) is 15.1. The summed E-state index contributed by atoms with van der Waals surface area (Å²) in [5.74, 6) is -1.72. The van der Waals surface area contributed by atoms with E-state index in [1.807, 2.05) is 6.92 Å². The number of anilines is 1. The summed E-state index contributed by atoms with van der Waals surface area (Å²) in [6, 6.07) is 2.89. The summed E-state index contributed by atoms with van der Waals surface area (Å²) in [5.41, 5.74) is 5.70. The Labute approximate surface area is 110 Å². The van der Waals surface area contributed by atoms with Gasteiger partial charge in [0.15, 0.2) is 0 Å². The average Bonchev–Trinajstić information content (AvgIpc) is 2.40. The second-order valence-corrected chi connectivity index (χ2v) is 4.07. The Kier molecular flexibility index (Phi) is 5.44. The molecular formula is C13H17FN2O3. The highest BCUT2D eigenvalue weighted by Crippen LogP contribution is 2.17. The number of hydrogen-bond donors (Lipinski definition) is 2. The smallest absolute Gasteiger partial charge is 0.337 e. The van der Waals surface area contributed by atoms with Crippen LogP contribution in [-0.4, -0.2) is 25.0 Å². The Hall–Kier alpha value is -1.95. The molecule has 0 saturated carbocycles. The lowest BCUT2D eigenvalue weighted by Crippen LogP contribution is -2.35. The molecule has 0 heterocycles. The summed E-state index contributed by atoms with van der Waals surface area (Å²) in [7, 11) is 1.22. The Morgan fingerprint density at radius 3 is 2.74 bits per heavy atom. The number of rotatable bonds is 5. The van der Waals surface area contributed by atoms with E-state index in [4.69, 9.17) is 5.73 Å². The number of hydrogen-bond acceptors (Lipinski definition) is 4. The molecule has 5 nitrogen and oxygen atoms in total. The van der Waals surface area contributed by atoms with E-state index >= 15 is 0 Å². The molecule has 0 bridgehead atoms. The van der Waals surface area contributed by atoms with Gasteiger partial charge in [-0.1, -0.05) is 13.3 Å². The van der Waals surface area contributed by atoms with E-state index in [2.05, 4.69) is 10.1 Å². The third-order valence-electron chi connectivity index (χ3n) is 2.58. The van der Waals surface area contributed by atoms with Crippen molar-refractivity contribution >= 4 is 17.6 Å². The van der Waals surface area contributed by atoms with E-state index in [1.54, 1.807) is 0 Å². The Balaban J connectivity index is 2.88. The molecule has 0 aliphatic rings. The maximum absolute atomic E-state index is 13.5. The fourth-order valence-electron chi connectivity index (χ4n) is 1.53. The summed E-state index contributed by atoms with van der Waals surface area (Å²) in [5, 5.41) is 2.37. The predicted molar refractivity (Wildman–Crippen MR) is 69.3 cm³/mol. The zero-order valence-corrected chi connectivity index (χ0v) is 10.9. The zero-order chi connectivity index (χ0) is 14.4. The largest absolute Gasteiger partial charge is 0.465 e. The van der Waals surface area contributed by atoms with Crippen LogP contribution in [0, 0.1) is 5.82 Å². The molecule has 3 N–H and O–H groups in total. The molecule has 6 heteroatoms. The zero-order valence-electron chi connectivity index (χ0n) is 10.9. The van der Waals surface area contributed by atoms with Crippen molar-refractivity contribution in [3.63, 3.8) is 0 Å². The van der Waals surface area contributed by atoms with E-state index in [1.165, 1.54) is 19.2 Å². The summed E-state index contributed by atoms with van der Waals surface area (Å²) >= 11 is 0. The number of carbonyl (C=O) groups excluding carboxylic acids is 2. The standard InChI is InChI=1S/C13H17FN2O3/c1-3-4-10(15)12(17)16-11-7-8(13(18)19-2)5-6-9(11)14/h5-7,10H,3-4,15H2,1-2H3,(H,16,17)/t10-/m0/s1. The molecule has 0 spiro atoms. The number of carbonyl (C=O) groups is 2. The first-order valence-electron chi connectivity index (χ1n) is 5.94. The maximum atomic E-state index is 13.5. The second kappa shape index (κ2) is 6.84. The molecule has 104 valence electrons. The van der Waals surface area contributed by atoms with Gasteiger partial charge in [0.05, 0.1) is 24.4 Å². The highest BCUT2D eigenvalue weighted by molar-refractivity contribution is 5.96. The molecule has 1 atom stereocenters. The molecule has 0 aliphatic heterocycles. The number of amides is 1. The molecule has 1 aromatic rings. The minimum absolute atomic E-state index is 0.0838. The lowest BCUT2D eigenvalue weighted by atomic mass is 10.1. The first-order chi connectivity index (χ1) is 8.99. The molecule has 19 heavy (non-hydrogen) atoms. The van der Waals surface area contributed by atoms with Crippen LogP contribution in [0.1, 0.15) is 30.1 Å². The van der Waals surface area contributed by atoms with Gasteiger partial charge in [0, 0.05) is 0 Å². The first-order valence-corrected chi connectivity index (χ1v) is 5.94. The molecule has 1 amide bonds. The number of nitrogens with two attached hydrogens (primary N) is 1. The van der Waals surface area contributed by atoms with E-state index in [0.29, 0.717) is 6.42 Å².